The maximum absolute atomic E-state index is 13.0. The van der Waals surface area contributed by atoms with Gasteiger partial charge in [0.1, 0.15) is 12.4 Å². The Balaban J connectivity index is 1.66. The van der Waals surface area contributed by atoms with Crippen molar-refractivity contribution in [3.8, 4) is 11.5 Å². The molecule has 0 fully saturated rings. The Morgan fingerprint density at radius 2 is 1.89 bits per heavy atom. The fourth-order valence-corrected chi connectivity index (χ4v) is 4.72. The number of rotatable bonds is 8. The van der Waals surface area contributed by atoms with Gasteiger partial charge in [0.2, 0.25) is 0 Å². The number of nitrogens with one attached hydrogen (secondary N) is 1. The molecule has 1 aliphatic heterocycles. The smallest absolute Gasteiger partial charge is 0.336 e. The average Bonchev–Trinajstić information content (AvgIpc) is 2.87. The molecule has 4 rings (SSSR count). The number of allylic oxidation sites excluding steroid dienone is 3. The first-order valence-electron chi connectivity index (χ1n) is 11.8. The second-order valence-corrected chi connectivity index (χ2v) is 8.63. The summed E-state index contributed by atoms with van der Waals surface area (Å²) in [5.41, 5.74) is 3.40. The Kier molecular flexibility index (Phi) is 7.38. The van der Waals surface area contributed by atoms with E-state index in [9.17, 15) is 19.7 Å². The standard InChI is InChI=1S/C27H28N2O7/c1-4-35-27(31)24-16(2)28-20-6-5-7-21(30)26(20)25(24)18-10-13-22(23(14-18)34-3)36-15-17-8-11-19(12-9-17)29(32)33/h6,8-14,25-26,28H,4-5,7,15H2,1-3H3. The summed E-state index contributed by atoms with van der Waals surface area (Å²) in [6.45, 7) is 3.97. The van der Waals surface area contributed by atoms with E-state index >= 15 is 0 Å². The third-order valence-electron chi connectivity index (χ3n) is 6.40. The summed E-state index contributed by atoms with van der Waals surface area (Å²) in [5, 5.41) is 14.1. The molecule has 2 atom stereocenters. The molecule has 0 amide bonds. The van der Waals surface area contributed by atoms with Crippen molar-refractivity contribution in [3.63, 3.8) is 0 Å². The van der Waals surface area contributed by atoms with Crippen LogP contribution < -0.4 is 14.8 Å². The number of hydrogen-bond acceptors (Lipinski definition) is 8. The maximum Gasteiger partial charge on any atom is 0.336 e. The highest BCUT2D eigenvalue weighted by Crippen LogP contribution is 2.45. The first kappa shape index (κ1) is 25.0. The monoisotopic (exact) mass is 492 g/mol. The molecule has 2 aromatic rings. The van der Waals surface area contributed by atoms with Crippen LogP contribution in [0.25, 0.3) is 0 Å². The number of Topliss-reactive ketones (excluding diaryl/α,β-unsaturated/α-hetero) is 1. The van der Waals surface area contributed by atoms with E-state index in [1.807, 2.05) is 19.1 Å². The van der Waals surface area contributed by atoms with E-state index in [0.717, 1.165) is 16.8 Å². The summed E-state index contributed by atoms with van der Waals surface area (Å²) in [6, 6.07) is 11.5. The molecular weight excluding hydrogens is 464 g/mol. The molecule has 2 aliphatic rings. The first-order valence-corrected chi connectivity index (χ1v) is 11.8. The van der Waals surface area contributed by atoms with Gasteiger partial charge in [-0.3, -0.25) is 14.9 Å². The number of nitro benzene ring substituents is 1. The molecule has 0 saturated heterocycles. The molecule has 9 nitrogen and oxygen atoms in total. The van der Waals surface area contributed by atoms with Gasteiger partial charge in [0.25, 0.3) is 5.69 Å². The van der Waals surface area contributed by atoms with Gasteiger partial charge < -0.3 is 19.5 Å². The number of non-ortho nitro benzene ring substituents is 1. The van der Waals surface area contributed by atoms with E-state index in [2.05, 4.69) is 5.32 Å². The number of nitro groups is 1. The van der Waals surface area contributed by atoms with E-state index in [1.54, 1.807) is 31.2 Å². The fourth-order valence-electron chi connectivity index (χ4n) is 4.72. The SMILES string of the molecule is CCOC(=O)C1=C(C)NC2=CCCC(=O)C2C1c1ccc(OCc2ccc([N+](=O)[O-])cc2)c(OC)c1. The van der Waals surface area contributed by atoms with Crippen molar-refractivity contribution in [1.82, 2.24) is 5.32 Å². The summed E-state index contributed by atoms with van der Waals surface area (Å²) in [6.07, 6.45) is 3.09. The molecular formula is C27H28N2O7. The molecule has 0 aromatic heterocycles. The van der Waals surface area contributed by atoms with Crippen molar-refractivity contribution < 1.29 is 28.7 Å². The fraction of sp³-hybridized carbons (Fsp3) is 0.333. The zero-order chi connectivity index (χ0) is 25.8. The molecule has 36 heavy (non-hydrogen) atoms. The Bertz CT molecular complexity index is 1250. The zero-order valence-corrected chi connectivity index (χ0v) is 20.4. The molecule has 2 aromatic carbocycles. The van der Waals surface area contributed by atoms with Crippen LogP contribution >= 0.6 is 0 Å². The van der Waals surface area contributed by atoms with Gasteiger partial charge in [0, 0.05) is 35.9 Å². The number of carbonyl (C=O) groups excluding carboxylic acids is 2. The first-order chi connectivity index (χ1) is 17.3. The van der Waals surface area contributed by atoms with E-state index in [-0.39, 0.29) is 24.7 Å². The molecule has 2 unspecified atom stereocenters. The van der Waals surface area contributed by atoms with Gasteiger partial charge in [-0.25, -0.2) is 4.79 Å². The van der Waals surface area contributed by atoms with Crippen molar-refractivity contribution >= 4 is 17.4 Å². The number of benzene rings is 2. The molecule has 0 radical (unpaired) electrons. The van der Waals surface area contributed by atoms with Crippen LogP contribution in [0.2, 0.25) is 0 Å². The number of carbonyl (C=O) groups is 2. The Labute approximate surface area is 208 Å². The summed E-state index contributed by atoms with van der Waals surface area (Å²) < 4.78 is 16.9. The minimum absolute atomic E-state index is 0.00841. The number of methoxy groups -OCH3 is 1. The predicted octanol–water partition coefficient (Wildman–Crippen LogP) is 4.57. The second-order valence-electron chi connectivity index (χ2n) is 8.63. The summed E-state index contributed by atoms with van der Waals surface area (Å²) in [5.74, 6) is -0.514. The summed E-state index contributed by atoms with van der Waals surface area (Å²) in [7, 11) is 1.52. The van der Waals surface area contributed by atoms with Gasteiger partial charge in [-0.2, -0.15) is 0 Å². The molecule has 9 heteroatoms. The van der Waals surface area contributed by atoms with Crippen molar-refractivity contribution in [2.24, 2.45) is 5.92 Å². The molecule has 0 saturated carbocycles. The van der Waals surface area contributed by atoms with Crippen molar-refractivity contribution in [1.29, 1.82) is 0 Å². The highest BCUT2D eigenvalue weighted by atomic mass is 16.6. The Morgan fingerprint density at radius 3 is 2.56 bits per heavy atom. The second kappa shape index (κ2) is 10.6. The van der Waals surface area contributed by atoms with E-state index in [0.29, 0.717) is 35.6 Å². The van der Waals surface area contributed by atoms with Crippen LogP contribution in [-0.2, 0) is 20.9 Å². The van der Waals surface area contributed by atoms with Crippen LogP contribution in [0.3, 0.4) is 0 Å². The van der Waals surface area contributed by atoms with E-state index in [1.165, 1.54) is 19.2 Å². The lowest BCUT2D eigenvalue weighted by atomic mass is 9.71. The highest BCUT2D eigenvalue weighted by molar-refractivity contribution is 5.96. The number of hydrogen-bond donors (Lipinski definition) is 1. The zero-order valence-electron chi connectivity index (χ0n) is 20.4. The number of esters is 1. The van der Waals surface area contributed by atoms with Gasteiger partial charge >= 0.3 is 5.97 Å². The van der Waals surface area contributed by atoms with Gasteiger partial charge in [-0.15, -0.1) is 0 Å². The lowest BCUT2D eigenvalue weighted by molar-refractivity contribution is -0.384. The maximum atomic E-state index is 13.0. The van der Waals surface area contributed by atoms with Crippen LogP contribution in [0.15, 0.2) is 65.5 Å². The summed E-state index contributed by atoms with van der Waals surface area (Å²) in [4.78, 5) is 36.4. The number of fused-ring (bicyclic) bond motifs is 1. The van der Waals surface area contributed by atoms with Crippen molar-refractivity contribution in [3.05, 3.63) is 86.7 Å². The van der Waals surface area contributed by atoms with Crippen LogP contribution in [0, 0.1) is 16.0 Å². The van der Waals surface area contributed by atoms with Crippen LogP contribution in [0.5, 0.6) is 11.5 Å². The topological polar surface area (TPSA) is 117 Å². The van der Waals surface area contributed by atoms with E-state index < -0.39 is 22.7 Å². The molecule has 1 heterocycles. The number of nitrogens with zero attached hydrogens (tertiary/aromatic N) is 1. The van der Waals surface area contributed by atoms with Gasteiger partial charge in [0.05, 0.1) is 30.1 Å². The van der Waals surface area contributed by atoms with Gasteiger partial charge in [-0.05, 0) is 55.7 Å². The average molecular weight is 493 g/mol. The minimum atomic E-state index is -0.526. The number of ether oxygens (including phenoxy) is 3. The quantitative estimate of drug-likeness (QED) is 0.324. The Hall–Kier alpha value is -4.14. The third-order valence-corrected chi connectivity index (χ3v) is 6.40. The van der Waals surface area contributed by atoms with Gasteiger partial charge in [0.15, 0.2) is 11.5 Å². The lowest BCUT2D eigenvalue weighted by Gasteiger charge is -2.38. The van der Waals surface area contributed by atoms with E-state index in [4.69, 9.17) is 14.2 Å². The largest absolute Gasteiger partial charge is 0.493 e. The molecule has 0 spiro atoms. The van der Waals surface area contributed by atoms with Crippen molar-refractivity contribution in [2.75, 3.05) is 13.7 Å². The normalized spacial score (nSPS) is 19.1. The predicted molar refractivity (Wildman–Crippen MR) is 131 cm³/mol. The van der Waals surface area contributed by atoms with Crippen molar-refractivity contribution in [2.45, 2.75) is 39.2 Å². The van der Waals surface area contributed by atoms with Crippen LogP contribution in [0.1, 0.15) is 43.7 Å². The molecule has 0 bridgehead atoms. The minimum Gasteiger partial charge on any atom is -0.493 e. The number of ketones is 1. The molecule has 1 aliphatic carbocycles. The van der Waals surface area contributed by atoms with Crippen LogP contribution in [-0.4, -0.2) is 30.4 Å². The summed E-state index contributed by atoms with van der Waals surface area (Å²) >= 11 is 0. The lowest BCUT2D eigenvalue weighted by Crippen LogP contribution is -2.40. The highest BCUT2D eigenvalue weighted by Gasteiger charge is 2.43. The third kappa shape index (κ3) is 4.95. The Morgan fingerprint density at radius 1 is 1.14 bits per heavy atom. The molecule has 1 N–H and O–H groups in total. The molecule has 188 valence electrons. The van der Waals surface area contributed by atoms with Crippen LogP contribution in [0.4, 0.5) is 5.69 Å². The van der Waals surface area contributed by atoms with Gasteiger partial charge in [-0.1, -0.05) is 12.1 Å².